The molecule has 1 aliphatic heterocycles. The van der Waals surface area contributed by atoms with E-state index in [1.165, 1.54) is 6.33 Å². The molecule has 0 amide bonds. The van der Waals surface area contributed by atoms with E-state index in [1.807, 2.05) is 24.3 Å². The van der Waals surface area contributed by atoms with Crippen molar-refractivity contribution in [3.63, 3.8) is 0 Å². The number of carboxylic acids is 1. The van der Waals surface area contributed by atoms with Gasteiger partial charge < -0.3 is 14.9 Å². The summed E-state index contributed by atoms with van der Waals surface area (Å²) >= 11 is 0. The molecule has 0 aliphatic carbocycles. The van der Waals surface area contributed by atoms with Crippen LogP contribution in [0.15, 0.2) is 49.2 Å². The Morgan fingerprint density at radius 1 is 1.26 bits per heavy atom. The molecular weight excluding hydrogens is 444 g/mol. The fraction of sp³-hybridized carbons (Fsp3) is 0.407. The minimum absolute atomic E-state index is 0.0181. The van der Waals surface area contributed by atoms with Gasteiger partial charge in [0.25, 0.3) is 0 Å². The first-order valence-electron chi connectivity index (χ1n) is 11.8. The van der Waals surface area contributed by atoms with Crippen LogP contribution in [0.3, 0.4) is 0 Å². The van der Waals surface area contributed by atoms with E-state index in [1.54, 1.807) is 25.7 Å². The van der Waals surface area contributed by atoms with Gasteiger partial charge in [-0.15, -0.1) is 0 Å². The molecule has 182 valence electrons. The molecule has 0 saturated carbocycles. The summed E-state index contributed by atoms with van der Waals surface area (Å²) in [5.41, 5.74) is 2.39. The molecule has 1 fully saturated rings. The molecule has 1 aliphatic rings. The minimum Gasteiger partial charge on any atom is -0.497 e. The lowest BCUT2D eigenvalue weighted by Gasteiger charge is -2.37. The molecule has 1 unspecified atom stereocenters. The van der Waals surface area contributed by atoms with Crippen LogP contribution in [0.4, 0.5) is 0 Å². The summed E-state index contributed by atoms with van der Waals surface area (Å²) in [6.07, 6.45) is 8.19. The van der Waals surface area contributed by atoms with E-state index in [4.69, 9.17) is 4.74 Å². The number of ether oxygens (including phenoxy) is 1. The summed E-state index contributed by atoms with van der Waals surface area (Å²) in [5.74, 6) is 6.39. The van der Waals surface area contributed by atoms with E-state index in [9.17, 15) is 15.0 Å². The van der Waals surface area contributed by atoms with Gasteiger partial charge in [0.2, 0.25) is 0 Å². The number of carbonyl (C=O) groups is 1. The number of hydrogen-bond acceptors (Lipinski definition) is 7. The predicted molar refractivity (Wildman–Crippen MR) is 132 cm³/mol. The van der Waals surface area contributed by atoms with Crippen molar-refractivity contribution < 1.29 is 19.7 Å². The second-order valence-electron chi connectivity index (χ2n) is 8.95. The highest BCUT2D eigenvalue weighted by atomic mass is 16.5. The van der Waals surface area contributed by atoms with Crippen LogP contribution in [-0.4, -0.2) is 62.8 Å². The highest BCUT2D eigenvalue weighted by Crippen LogP contribution is 2.34. The zero-order valence-electron chi connectivity index (χ0n) is 19.8. The molecule has 2 N–H and O–H groups in total. The third-order valence-corrected chi connectivity index (χ3v) is 6.66. The van der Waals surface area contributed by atoms with Gasteiger partial charge in [0.15, 0.2) is 0 Å². The molecule has 0 spiro atoms. The molecule has 3 atom stereocenters. The van der Waals surface area contributed by atoms with Crippen LogP contribution < -0.4 is 4.74 Å². The van der Waals surface area contributed by atoms with Crippen molar-refractivity contribution in [2.75, 3.05) is 26.7 Å². The maximum Gasteiger partial charge on any atom is 0.303 e. The number of fused-ring (bicyclic) bond motifs is 1. The smallest absolute Gasteiger partial charge is 0.303 e. The number of piperidine rings is 1. The Labute approximate surface area is 205 Å². The van der Waals surface area contributed by atoms with Gasteiger partial charge in [-0.05, 0) is 67.5 Å². The van der Waals surface area contributed by atoms with Crippen LogP contribution in [0.5, 0.6) is 5.75 Å². The fourth-order valence-corrected chi connectivity index (χ4v) is 4.84. The number of benzene rings is 1. The number of aliphatic hydroxyl groups is 1. The second-order valence-corrected chi connectivity index (χ2v) is 8.95. The van der Waals surface area contributed by atoms with Crippen molar-refractivity contribution in [3.05, 3.63) is 60.3 Å². The van der Waals surface area contributed by atoms with Gasteiger partial charge >= 0.3 is 5.97 Å². The van der Waals surface area contributed by atoms with Crippen molar-refractivity contribution >= 4 is 16.9 Å². The Morgan fingerprint density at radius 3 is 2.86 bits per heavy atom. The van der Waals surface area contributed by atoms with E-state index in [0.29, 0.717) is 19.5 Å². The lowest BCUT2D eigenvalue weighted by Crippen LogP contribution is -2.41. The van der Waals surface area contributed by atoms with Crippen molar-refractivity contribution in [1.82, 2.24) is 19.9 Å². The molecule has 0 bridgehead atoms. The van der Waals surface area contributed by atoms with E-state index in [0.717, 1.165) is 47.2 Å². The maximum atomic E-state index is 11.6. The van der Waals surface area contributed by atoms with Gasteiger partial charge in [0.05, 0.1) is 30.8 Å². The number of methoxy groups -OCH3 is 1. The number of rotatable bonds is 8. The molecule has 8 nitrogen and oxygen atoms in total. The van der Waals surface area contributed by atoms with Crippen molar-refractivity contribution in [3.8, 4) is 17.6 Å². The van der Waals surface area contributed by atoms with Crippen LogP contribution in [0.25, 0.3) is 10.9 Å². The first-order chi connectivity index (χ1) is 17.0. The van der Waals surface area contributed by atoms with Crippen LogP contribution >= 0.6 is 0 Å². The second kappa shape index (κ2) is 11.7. The number of hydrogen-bond donors (Lipinski definition) is 2. The van der Waals surface area contributed by atoms with E-state index in [-0.39, 0.29) is 18.3 Å². The number of aliphatic carboxylic acids is 1. The number of carboxylic acid groups (broad SMARTS) is 1. The molecule has 8 heteroatoms. The summed E-state index contributed by atoms with van der Waals surface area (Å²) in [7, 11) is 1.62. The summed E-state index contributed by atoms with van der Waals surface area (Å²) in [5, 5.41) is 21.4. The predicted octanol–water partition coefficient (Wildman–Crippen LogP) is 3.31. The third-order valence-electron chi connectivity index (χ3n) is 6.66. The van der Waals surface area contributed by atoms with Crippen LogP contribution in [0.1, 0.15) is 42.9 Å². The van der Waals surface area contributed by atoms with Gasteiger partial charge in [-0.1, -0.05) is 11.8 Å². The molecule has 1 aromatic carbocycles. The van der Waals surface area contributed by atoms with Gasteiger partial charge in [0, 0.05) is 36.9 Å². The number of nitrogens with zero attached hydrogens (tertiary/aromatic N) is 4. The van der Waals surface area contributed by atoms with Crippen LogP contribution in [0, 0.1) is 23.7 Å². The molecule has 3 heterocycles. The van der Waals surface area contributed by atoms with Crippen LogP contribution in [0.2, 0.25) is 0 Å². The summed E-state index contributed by atoms with van der Waals surface area (Å²) < 4.78 is 5.34. The van der Waals surface area contributed by atoms with E-state index >= 15 is 0 Å². The topological polar surface area (TPSA) is 109 Å². The molecule has 1 saturated heterocycles. The van der Waals surface area contributed by atoms with E-state index in [2.05, 4.69) is 31.7 Å². The largest absolute Gasteiger partial charge is 0.497 e. The number of pyridine rings is 1. The zero-order valence-corrected chi connectivity index (χ0v) is 19.8. The van der Waals surface area contributed by atoms with Gasteiger partial charge in [-0.25, -0.2) is 9.97 Å². The van der Waals surface area contributed by atoms with Gasteiger partial charge in [-0.3, -0.25) is 14.7 Å². The highest BCUT2D eigenvalue weighted by Gasteiger charge is 2.31. The third kappa shape index (κ3) is 6.53. The van der Waals surface area contributed by atoms with Gasteiger partial charge in [0.1, 0.15) is 12.1 Å². The average molecular weight is 475 g/mol. The molecule has 3 aromatic rings. The monoisotopic (exact) mass is 474 g/mol. The normalized spacial score (nSPS) is 19.0. The quantitative estimate of drug-likeness (QED) is 0.479. The SMILES string of the molecule is COc1ccc2nccc(C(O)CC[C@@H]3CCN(CC#Cc4cncnc4)C[C@@H]3CC(=O)O)c2c1. The zero-order chi connectivity index (χ0) is 24.6. The summed E-state index contributed by atoms with van der Waals surface area (Å²) in [4.78, 5) is 26.1. The van der Waals surface area contributed by atoms with Gasteiger partial charge in [-0.2, -0.15) is 0 Å². The number of likely N-dealkylation sites (tertiary alicyclic amines) is 1. The van der Waals surface area contributed by atoms with Crippen molar-refractivity contribution in [2.24, 2.45) is 11.8 Å². The average Bonchev–Trinajstić information content (AvgIpc) is 2.87. The number of aromatic nitrogens is 3. The standard InChI is InChI=1S/C27H30N4O4/c1-35-22-5-6-25-24(14-22)23(8-10-30-25)26(32)7-4-20-9-12-31(17-21(20)13-27(33)34)11-2-3-19-15-28-18-29-16-19/h5-6,8,10,14-16,18,20-21,26,32H,4,7,9,11-13,17H2,1H3,(H,33,34)/t20-,21+,26?/m1/s1. The lowest BCUT2D eigenvalue weighted by atomic mass is 9.79. The molecule has 4 rings (SSSR count). The van der Waals surface area contributed by atoms with Crippen LogP contribution in [-0.2, 0) is 4.79 Å². The summed E-state index contributed by atoms with van der Waals surface area (Å²) in [6.45, 7) is 2.11. The Bertz CT molecular complexity index is 1210. The Morgan fingerprint density at radius 2 is 2.09 bits per heavy atom. The summed E-state index contributed by atoms with van der Waals surface area (Å²) in [6, 6.07) is 7.49. The van der Waals surface area contributed by atoms with E-state index < -0.39 is 12.1 Å². The number of aliphatic hydroxyl groups excluding tert-OH is 1. The highest BCUT2D eigenvalue weighted by molar-refractivity contribution is 5.83. The first kappa shape index (κ1) is 24.6. The fourth-order valence-electron chi connectivity index (χ4n) is 4.84. The molecule has 35 heavy (non-hydrogen) atoms. The van der Waals surface area contributed by atoms with Crippen molar-refractivity contribution in [2.45, 2.75) is 31.8 Å². The first-order valence-corrected chi connectivity index (χ1v) is 11.8. The minimum atomic E-state index is -0.790. The Hall–Kier alpha value is -3.54. The van der Waals surface area contributed by atoms with Crippen molar-refractivity contribution in [1.29, 1.82) is 0 Å². The Kier molecular flexibility index (Phi) is 8.24. The molecule has 2 aromatic heterocycles. The Balaban J connectivity index is 1.39. The molecular formula is C27H30N4O4. The maximum absolute atomic E-state index is 11.6. The molecule has 0 radical (unpaired) electrons. The lowest BCUT2D eigenvalue weighted by molar-refractivity contribution is -0.139.